The predicted molar refractivity (Wildman–Crippen MR) is 356 cm³/mol. The van der Waals surface area contributed by atoms with Gasteiger partial charge in [0.05, 0.1) is 26.4 Å². The molecule has 0 heterocycles. The van der Waals surface area contributed by atoms with Crippen LogP contribution in [0.3, 0.4) is 0 Å². The van der Waals surface area contributed by atoms with Crippen LogP contribution in [0.25, 0.3) is 0 Å². The quantitative estimate of drug-likeness (QED) is 0.0672. The van der Waals surface area contributed by atoms with Gasteiger partial charge in [0.1, 0.15) is 23.0 Å². The number of fused-ring (bicyclic) bond motifs is 8. The van der Waals surface area contributed by atoms with Gasteiger partial charge in [-0.25, -0.2) is 0 Å². The summed E-state index contributed by atoms with van der Waals surface area (Å²) in [5.41, 5.74) is 9.24. The fourth-order valence-corrected chi connectivity index (χ4v) is 18.7. The summed E-state index contributed by atoms with van der Waals surface area (Å²) in [5.74, 6) is 3.80. The van der Waals surface area contributed by atoms with E-state index in [1.54, 1.807) is 0 Å². The van der Waals surface area contributed by atoms with E-state index in [0.29, 0.717) is 52.1 Å². The van der Waals surface area contributed by atoms with Crippen LogP contribution in [0, 0.1) is 0 Å². The van der Waals surface area contributed by atoms with E-state index in [4.69, 9.17) is 18.9 Å². The number of hydrogen-bond donors (Lipinski definition) is 0. The smallest absolute Gasteiger partial charge is 0.126 e. The first-order valence-electron chi connectivity index (χ1n) is 29.8. The molecule has 0 amide bonds. The summed E-state index contributed by atoms with van der Waals surface area (Å²) in [6.07, 6.45) is 5.94. The number of hydrogen-bond acceptors (Lipinski definition) is 4. The molecule has 10 aromatic rings. The lowest BCUT2D eigenvalue weighted by atomic mass is 9.91. The second-order valence-corrected chi connectivity index (χ2v) is 28.0. The molecule has 1 aliphatic rings. The van der Waals surface area contributed by atoms with E-state index in [9.17, 15) is 0 Å². The molecule has 0 spiro atoms. The van der Waals surface area contributed by atoms with Crippen LogP contribution in [0.2, 0.25) is 0 Å². The van der Waals surface area contributed by atoms with Gasteiger partial charge in [-0.05, 0) is 178 Å². The van der Waals surface area contributed by atoms with Gasteiger partial charge >= 0.3 is 0 Å². The lowest BCUT2D eigenvalue weighted by Gasteiger charge is -2.27. The third-order valence-electron chi connectivity index (χ3n) is 15.0. The van der Waals surface area contributed by atoms with Gasteiger partial charge in [-0.15, -0.1) is 0 Å². The first-order chi connectivity index (χ1) is 41.0. The summed E-state index contributed by atoms with van der Waals surface area (Å²) in [4.78, 5) is 0. The summed E-state index contributed by atoms with van der Waals surface area (Å²) >= 11 is 0. The molecule has 83 heavy (non-hydrogen) atoms. The van der Waals surface area contributed by atoms with Crippen molar-refractivity contribution in [3.05, 3.63) is 281 Å². The Kier molecular flexibility index (Phi) is 19.6. The average Bonchev–Trinajstić information content (AvgIpc) is 3.68. The SMILES string of the molecule is CCCOc1c2cccc1Cc1cc(P(c3ccccc3)c3ccccc3)cc(c1OCCC)Cc1cc(P(c3ccccc3)c3ccccc3)cc(c1OCCC)Cc1cc(P(c3ccccc3)c3ccccc3)cc(c1OCCC)C2. The van der Waals surface area contributed by atoms with Crippen LogP contribution in [0.4, 0.5) is 0 Å². The molecule has 0 unspecified atom stereocenters. The molecular formula is C76H75O4P3. The van der Waals surface area contributed by atoms with Crippen LogP contribution in [0.15, 0.2) is 237 Å². The maximum Gasteiger partial charge on any atom is 0.126 e. The normalized spacial score (nSPS) is 12.1. The Morgan fingerprint density at radius 1 is 0.229 bits per heavy atom. The van der Waals surface area contributed by atoms with E-state index in [1.807, 2.05) is 0 Å². The van der Waals surface area contributed by atoms with Crippen LogP contribution in [0.1, 0.15) is 97.9 Å². The Balaban J connectivity index is 1.25. The fourth-order valence-electron chi connectivity index (χ4n) is 11.5. The van der Waals surface area contributed by atoms with Crippen molar-refractivity contribution in [2.24, 2.45) is 0 Å². The monoisotopic (exact) mass is 1140 g/mol. The topological polar surface area (TPSA) is 36.9 Å². The molecule has 0 aliphatic heterocycles. The predicted octanol–water partition coefficient (Wildman–Crippen LogP) is 14.8. The van der Waals surface area contributed by atoms with E-state index >= 15 is 0 Å². The largest absolute Gasteiger partial charge is 0.493 e. The zero-order valence-corrected chi connectivity index (χ0v) is 51.2. The summed E-state index contributed by atoms with van der Waals surface area (Å²) in [6.45, 7) is 11.2. The maximum atomic E-state index is 7.33. The van der Waals surface area contributed by atoms with Gasteiger partial charge < -0.3 is 18.9 Å². The maximum absolute atomic E-state index is 7.33. The zero-order valence-electron chi connectivity index (χ0n) is 48.5. The Labute approximate surface area is 497 Å². The molecule has 8 bridgehead atoms. The Morgan fingerprint density at radius 2 is 0.422 bits per heavy atom. The van der Waals surface area contributed by atoms with Crippen LogP contribution in [-0.4, -0.2) is 26.4 Å². The fraction of sp³-hybridized carbons (Fsp3) is 0.211. The van der Waals surface area contributed by atoms with Gasteiger partial charge in [0.15, 0.2) is 0 Å². The summed E-state index contributed by atoms with van der Waals surface area (Å²) in [6, 6.07) is 88.5. The summed E-state index contributed by atoms with van der Waals surface area (Å²) in [5, 5.41) is 11.7. The van der Waals surface area contributed by atoms with Crippen molar-refractivity contribution in [2.45, 2.75) is 79.1 Å². The summed E-state index contributed by atoms with van der Waals surface area (Å²) in [7, 11) is -2.99. The van der Waals surface area contributed by atoms with Crippen LogP contribution >= 0.6 is 23.8 Å². The molecule has 4 nitrogen and oxygen atoms in total. The molecular weight excluding hydrogens is 1070 g/mol. The van der Waals surface area contributed by atoms with E-state index in [-0.39, 0.29) is 0 Å². The second-order valence-electron chi connectivity index (χ2n) is 21.3. The van der Waals surface area contributed by atoms with Crippen molar-refractivity contribution >= 4 is 71.5 Å². The van der Waals surface area contributed by atoms with E-state index in [2.05, 4.69) is 264 Å². The molecule has 0 N–H and O–H groups in total. The molecule has 0 aromatic heterocycles. The number of rotatable bonds is 21. The van der Waals surface area contributed by atoms with Gasteiger partial charge in [0.2, 0.25) is 0 Å². The number of benzene rings is 10. The molecule has 1 aliphatic carbocycles. The Hall–Kier alpha value is -7.31. The second kappa shape index (κ2) is 28.3. The number of para-hydroxylation sites is 1. The van der Waals surface area contributed by atoms with Crippen molar-refractivity contribution in [1.29, 1.82) is 0 Å². The molecule has 0 radical (unpaired) electrons. The third kappa shape index (κ3) is 13.5. The molecule has 10 aromatic carbocycles. The molecule has 0 saturated heterocycles. The zero-order chi connectivity index (χ0) is 56.7. The molecule has 0 atom stereocenters. The Morgan fingerprint density at radius 3 is 0.627 bits per heavy atom. The van der Waals surface area contributed by atoms with Crippen LogP contribution in [-0.2, 0) is 25.7 Å². The Bertz CT molecular complexity index is 3380. The highest BCUT2D eigenvalue weighted by atomic mass is 31.1. The van der Waals surface area contributed by atoms with Gasteiger partial charge in [-0.2, -0.15) is 0 Å². The van der Waals surface area contributed by atoms with Crippen molar-refractivity contribution in [1.82, 2.24) is 0 Å². The van der Waals surface area contributed by atoms with Gasteiger partial charge in [0.25, 0.3) is 0 Å². The summed E-state index contributed by atoms with van der Waals surface area (Å²) < 4.78 is 28.9. The van der Waals surface area contributed by atoms with E-state index in [1.165, 1.54) is 47.7 Å². The minimum Gasteiger partial charge on any atom is -0.493 e. The minimum absolute atomic E-state index is 0.580. The van der Waals surface area contributed by atoms with E-state index in [0.717, 1.165) is 93.2 Å². The molecule has 11 rings (SSSR count). The van der Waals surface area contributed by atoms with Gasteiger partial charge in [-0.1, -0.05) is 228 Å². The number of ether oxygens (including phenoxy) is 4. The molecule has 0 saturated carbocycles. The molecule has 0 fully saturated rings. The third-order valence-corrected chi connectivity index (χ3v) is 22.3. The highest BCUT2D eigenvalue weighted by Crippen LogP contribution is 2.45. The highest BCUT2D eigenvalue weighted by molar-refractivity contribution is 7.80. The minimum atomic E-state index is -1.02. The van der Waals surface area contributed by atoms with Gasteiger partial charge in [0, 0.05) is 25.7 Å². The first-order valence-corrected chi connectivity index (χ1v) is 33.8. The van der Waals surface area contributed by atoms with Crippen molar-refractivity contribution in [3.63, 3.8) is 0 Å². The first kappa shape index (κ1) is 57.5. The lowest BCUT2D eigenvalue weighted by Crippen LogP contribution is -2.24. The van der Waals surface area contributed by atoms with E-state index < -0.39 is 23.8 Å². The standard InChI is InChI=1S/C76H75O4P3/c1-5-42-77-73-56-28-27-29-57(73)47-59-51-71(82(66-34-19-11-20-35-66)67-36-21-12-22-37-67)53-61(75(59)79-44-7-3)49-63-55-72(83(68-38-23-13-24-39-68)69-40-25-14-26-41-69)54-62(76(63)80-45-8-4)48-60-52-70(50-58(46-56)74(60)78-43-6-2)81(64-30-15-9-16-31-64)65-32-17-10-18-33-65/h9-41,50-55H,5-8,42-49H2,1-4H3. The van der Waals surface area contributed by atoms with Crippen molar-refractivity contribution in [3.8, 4) is 23.0 Å². The lowest BCUT2D eigenvalue weighted by molar-refractivity contribution is 0.305. The molecule has 418 valence electrons. The van der Waals surface area contributed by atoms with Gasteiger partial charge in [-0.3, -0.25) is 0 Å². The molecule has 7 heteroatoms. The van der Waals surface area contributed by atoms with Crippen molar-refractivity contribution in [2.75, 3.05) is 26.4 Å². The highest BCUT2D eigenvalue weighted by Gasteiger charge is 2.29. The van der Waals surface area contributed by atoms with Crippen LogP contribution < -0.4 is 66.7 Å². The van der Waals surface area contributed by atoms with Crippen LogP contribution in [0.5, 0.6) is 23.0 Å². The van der Waals surface area contributed by atoms with Crippen molar-refractivity contribution < 1.29 is 18.9 Å². The average molecular weight is 1150 g/mol.